The van der Waals surface area contributed by atoms with Crippen molar-refractivity contribution >= 4 is 5.97 Å². The lowest BCUT2D eigenvalue weighted by molar-refractivity contribution is -0.815. The zero-order valence-electron chi connectivity index (χ0n) is 11.1. The van der Waals surface area contributed by atoms with Gasteiger partial charge in [-0.1, -0.05) is 4.68 Å². The Hall–Kier alpha value is -2.28. The van der Waals surface area contributed by atoms with Crippen molar-refractivity contribution in [2.24, 2.45) is 0 Å². The van der Waals surface area contributed by atoms with Crippen LogP contribution in [-0.4, -0.2) is 46.2 Å². The molecule has 9 heteroatoms. The molecule has 0 saturated carbocycles. The average Bonchev–Trinajstić information content (AvgIpc) is 2.73. The summed E-state index contributed by atoms with van der Waals surface area (Å²) in [5.41, 5.74) is -0.732. The highest BCUT2D eigenvalue weighted by Crippen LogP contribution is 2.25. The van der Waals surface area contributed by atoms with Gasteiger partial charge in [-0.25, -0.2) is 0 Å². The molecule has 0 amide bonds. The number of nitrogens with one attached hydrogen (secondary N) is 1. The van der Waals surface area contributed by atoms with Gasteiger partial charge in [-0.3, -0.25) is 9.59 Å². The Morgan fingerprint density at radius 1 is 1.57 bits per heavy atom. The van der Waals surface area contributed by atoms with Crippen molar-refractivity contribution in [3.63, 3.8) is 0 Å². The predicted octanol–water partition coefficient (Wildman–Crippen LogP) is -2.28. The molecule has 2 heterocycles. The SMILES string of the molecule is CC(=O)OCC1OC([n+]2ccc(C#N)c(=O)[nH]2)C(O)C1O. The van der Waals surface area contributed by atoms with E-state index in [9.17, 15) is 19.8 Å². The number of aromatic amines is 1. The van der Waals surface area contributed by atoms with Gasteiger partial charge in [0.1, 0.15) is 30.4 Å². The van der Waals surface area contributed by atoms with Crippen molar-refractivity contribution in [1.29, 1.82) is 5.26 Å². The van der Waals surface area contributed by atoms with E-state index in [1.807, 2.05) is 0 Å². The van der Waals surface area contributed by atoms with E-state index in [1.54, 1.807) is 6.07 Å². The molecule has 1 aromatic heterocycles. The van der Waals surface area contributed by atoms with Gasteiger partial charge in [0, 0.05) is 13.0 Å². The monoisotopic (exact) mass is 296 g/mol. The predicted molar refractivity (Wildman–Crippen MR) is 64.5 cm³/mol. The number of aromatic nitrogens is 2. The number of esters is 1. The lowest BCUT2D eigenvalue weighted by atomic mass is 10.1. The van der Waals surface area contributed by atoms with Crippen LogP contribution in [0.5, 0.6) is 0 Å². The van der Waals surface area contributed by atoms with Crippen LogP contribution in [-0.2, 0) is 14.3 Å². The first-order valence-electron chi connectivity index (χ1n) is 6.13. The van der Waals surface area contributed by atoms with Crippen LogP contribution in [0, 0.1) is 11.3 Å². The Labute approximate surface area is 118 Å². The van der Waals surface area contributed by atoms with Gasteiger partial charge in [-0.05, 0) is 0 Å². The van der Waals surface area contributed by atoms with Crippen molar-refractivity contribution < 1.29 is 29.2 Å². The van der Waals surface area contributed by atoms with Gasteiger partial charge in [-0.2, -0.15) is 5.26 Å². The molecule has 21 heavy (non-hydrogen) atoms. The van der Waals surface area contributed by atoms with Gasteiger partial charge in [0.2, 0.25) is 0 Å². The molecule has 0 spiro atoms. The van der Waals surface area contributed by atoms with Gasteiger partial charge in [0.25, 0.3) is 0 Å². The number of aliphatic hydroxyl groups excluding tert-OH is 2. The molecule has 112 valence electrons. The molecule has 0 radical (unpaired) electrons. The summed E-state index contributed by atoms with van der Waals surface area (Å²) in [6.07, 6.45) is -3.23. The minimum atomic E-state index is -1.32. The standard InChI is InChI=1S/C12H13N3O6/c1-6(16)20-5-8-9(17)10(18)12(21-8)15-3-2-7(4-13)11(19)14-15/h2-3,8-10,12,17-18H,5H2,1H3/p+1. The number of nitriles is 1. The summed E-state index contributed by atoms with van der Waals surface area (Å²) in [5.74, 6) is -0.539. The second-order valence-electron chi connectivity index (χ2n) is 4.54. The molecule has 3 N–H and O–H groups in total. The highest BCUT2D eigenvalue weighted by atomic mass is 16.6. The summed E-state index contributed by atoms with van der Waals surface area (Å²) in [6.45, 7) is 0.993. The molecule has 0 aliphatic carbocycles. The van der Waals surface area contributed by atoms with E-state index in [0.29, 0.717) is 0 Å². The number of aliphatic hydroxyl groups is 2. The molecule has 2 rings (SSSR count). The number of ether oxygens (including phenoxy) is 2. The van der Waals surface area contributed by atoms with Crippen LogP contribution in [0.15, 0.2) is 17.1 Å². The Balaban J connectivity index is 2.17. The Kier molecular flexibility index (Phi) is 4.32. The van der Waals surface area contributed by atoms with Crippen LogP contribution < -0.4 is 10.2 Å². The van der Waals surface area contributed by atoms with E-state index in [1.165, 1.54) is 19.2 Å². The summed E-state index contributed by atoms with van der Waals surface area (Å²) < 4.78 is 11.3. The summed E-state index contributed by atoms with van der Waals surface area (Å²) in [5, 5.41) is 30.8. The Morgan fingerprint density at radius 3 is 2.86 bits per heavy atom. The van der Waals surface area contributed by atoms with Crippen molar-refractivity contribution in [2.75, 3.05) is 6.61 Å². The maximum Gasteiger partial charge on any atom is 0.315 e. The molecule has 9 nitrogen and oxygen atoms in total. The molecule has 1 saturated heterocycles. The molecular weight excluding hydrogens is 282 g/mol. The lowest BCUT2D eigenvalue weighted by Crippen LogP contribution is -2.51. The highest BCUT2D eigenvalue weighted by Gasteiger charge is 2.49. The van der Waals surface area contributed by atoms with Gasteiger partial charge in [0.15, 0.2) is 12.3 Å². The molecule has 1 aliphatic heterocycles. The quantitative estimate of drug-likeness (QED) is 0.422. The zero-order chi connectivity index (χ0) is 15.6. The first kappa shape index (κ1) is 15.1. The van der Waals surface area contributed by atoms with Crippen LogP contribution in [0.1, 0.15) is 18.7 Å². The van der Waals surface area contributed by atoms with Gasteiger partial charge in [-0.15, -0.1) is 5.10 Å². The van der Waals surface area contributed by atoms with E-state index in [2.05, 4.69) is 5.10 Å². The second-order valence-corrected chi connectivity index (χ2v) is 4.54. The minimum absolute atomic E-state index is 0.0873. The molecule has 1 fully saturated rings. The van der Waals surface area contributed by atoms with Gasteiger partial charge >= 0.3 is 17.8 Å². The van der Waals surface area contributed by atoms with Crippen molar-refractivity contribution in [1.82, 2.24) is 5.10 Å². The number of carbonyl (C=O) groups excluding carboxylic acids is 1. The van der Waals surface area contributed by atoms with E-state index >= 15 is 0 Å². The fraction of sp³-hybridized carbons (Fsp3) is 0.500. The number of carbonyl (C=O) groups is 1. The Bertz CT molecular complexity index is 637. The lowest BCUT2D eigenvalue weighted by Gasteiger charge is -2.12. The third-order valence-electron chi connectivity index (χ3n) is 3.06. The first-order chi connectivity index (χ1) is 9.93. The summed E-state index contributed by atoms with van der Waals surface area (Å²) in [4.78, 5) is 22.3. The highest BCUT2D eigenvalue weighted by molar-refractivity contribution is 5.65. The minimum Gasteiger partial charge on any atom is -0.463 e. The third kappa shape index (κ3) is 3.08. The number of H-pyrrole nitrogens is 1. The number of nitrogens with zero attached hydrogens (tertiary/aromatic N) is 2. The molecule has 4 atom stereocenters. The van der Waals surface area contributed by atoms with Crippen molar-refractivity contribution in [2.45, 2.75) is 31.5 Å². The molecule has 1 aromatic rings. The van der Waals surface area contributed by atoms with Crippen molar-refractivity contribution in [3.8, 4) is 6.07 Å². The van der Waals surface area contributed by atoms with Crippen molar-refractivity contribution in [3.05, 3.63) is 28.2 Å². The molecule has 0 bridgehead atoms. The summed E-state index contributed by atoms with van der Waals surface area (Å²) >= 11 is 0. The van der Waals surface area contributed by atoms with Crippen LogP contribution in [0.3, 0.4) is 0 Å². The number of hydrogen-bond donors (Lipinski definition) is 3. The van der Waals surface area contributed by atoms with Crippen LogP contribution in [0.4, 0.5) is 0 Å². The van der Waals surface area contributed by atoms with Crippen LogP contribution in [0.2, 0.25) is 0 Å². The Morgan fingerprint density at radius 2 is 2.29 bits per heavy atom. The summed E-state index contributed by atoms with van der Waals surface area (Å²) in [6, 6.07) is 2.97. The van der Waals surface area contributed by atoms with E-state index in [4.69, 9.17) is 14.7 Å². The van der Waals surface area contributed by atoms with Crippen LogP contribution in [0.25, 0.3) is 0 Å². The van der Waals surface area contributed by atoms with Gasteiger partial charge in [0.05, 0.1) is 0 Å². The normalized spacial score (nSPS) is 28.1. The fourth-order valence-corrected chi connectivity index (χ4v) is 1.98. The number of hydrogen-bond acceptors (Lipinski definition) is 7. The molecule has 1 aliphatic rings. The molecular formula is C12H14N3O6+. The first-order valence-corrected chi connectivity index (χ1v) is 6.13. The maximum atomic E-state index is 11.5. The van der Waals surface area contributed by atoms with E-state index < -0.39 is 36.1 Å². The molecule has 0 aromatic carbocycles. The van der Waals surface area contributed by atoms with Gasteiger partial charge < -0.3 is 19.7 Å². The smallest absolute Gasteiger partial charge is 0.315 e. The topological polar surface area (TPSA) is 137 Å². The number of rotatable bonds is 3. The maximum absolute atomic E-state index is 11.5. The third-order valence-corrected chi connectivity index (χ3v) is 3.06. The average molecular weight is 296 g/mol. The zero-order valence-corrected chi connectivity index (χ0v) is 11.1. The summed E-state index contributed by atoms with van der Waals surface area (Å²) in [7, 11) is 0. The fourth-order valence-electron chi connectivity index (χ4n) is 1.98. The van der Waals surface area contributed by atoms with E-state index in [-0.39, 0.29) is 12.2 Å². The van der Waals surface area contributed by atoms with Crippen LogP contribution >= 0.6 is 0 Å². The molecule has 4 unspecified atom stereocenters. The largest absolute Gasteiger partial charge is 0.463 e. The second kappa shape index (κ2) is 6.01. The van der Waals surface area contributed by atoms with E-state index in [0.717, 1.165) is 4.68 Å².